The lowest BCUT2D eigenvalue weighted by atomic mass is 9.80. The zero-order chi connectivity index (χ0) is 32.8. The summed E-state index contributed by atoms with van der Waals surface area (Å²) in [6.07, 6.45) is 5.54. The number of urea groups is 1. The number of carboxylic acid groups (broad SMARTS) is 2. The second kappa shape index (κ2) is 13.7. The Hall–Kier alpha value is -4.34. The van der Waals surface area contributed by atoms with E-state index >= 15 is 0 Å². The number of carbonyl (C=O) groups excluding carboxylic acids is 1. The molecule has 6 N–H and O–H groups in total. The lowest BCUT2D eigenvalue weighted by molar-refractivity contribution is -0.145. The van der Waals surface area contributed by atoms with Crippen molar-refractivity contribution in [2.45, 2.75) is 30.9 Å². The first-order valence-corrected chi connectivity index (χ1v) is 16.1. The number of nitrogens with zero attached hydrogens (tertiary/aromatic N) is 3. The van der Waals surface area contributed by atoms with Gasteiger partial charge in [-0.3, -0.25) is 4.79 Å². The number of carboxylic acids is 2. The van der Waals surface area contributed by atoms with Crippen molar-refractivity contribution in [1.29, 1.82) is 0 Å². The lowest BCUT2D eigenvalue weighted by Gasteiger charge is -2.29. The average molecular weight is 643 g/mol. The number of sulfone groups is 1. The zero-order valence-electron chi connectivity index (χ0n) is 25.2. The lowest BCUT2D eigenvalue weighted by Crippen LogP contribution is -2.37. The molecule has 2 fully saturated rings. The van der Waals surface area contributed by atoms with Crippen LogP contribution in [0.15, 0.2) is 54.1 Å². The molecule has 0 spiro atoms. The fourth-order valence-corrected chi connectivity index (χ4v) is 7.06. The smallest absolute Gasteiger partial charge is 0.331 e. The van der Waals surface area contributed by atoms with Gasteiger partial charge in [-0.25, -0.2) is 28.0 Å². The summed E-state index contributed by atoms with van der Waals surface area (Å²) in [6, 6.07) is 8.16. The van der Waals surface area contributed by atoms with Crippen molar-refractivity contribution in [2.75, 3.05) is 55.9 Å². The van der Waals surface area contributed by atoms with E-state index in [1.807, 2.05) is 6.07 Å². The van der Waals surface area contributed by atoms with Crippen LogP contribution in [0.25, 0.3) is 11.4 Å². The second-order valence-corrected chi connectivity index (χ2v) is 13.7. The van der Waals surface area contributed by atoms with Crippen molar-refractivity contribution in [3.8, 4) is 11.4 Å². The maximum atomic E-state index is 13.2. The fourth-order valence-electron chi connectivity index (χ4n) is 5.05. The number of hydrogen-bond acceptors (Lipinski definition) is 10. The summed E-state index contributed by atoms with van der Waals surface area (Å²) in [4.78, 5) is 44.0. The van der Waals surface area contributed by atoms with Crippen LogP contribution < -0.4 is 21.3 Å². The molecular weight excluding hydrogens is 604 g/mol. The van der Waals surface area contributed by atoms with Gasteiger partial charge in [-0.15, -0.1) is 0 Å². The Labute approximate surface area is 261 Å². The minimum absolute atomic E-state index is 0.0359. The number of aromatic nitrogens is 2. The number of hydrogen-bond donors (Lipinski definition) is 5. The van der Waals surface area contributed by atoms with E-state index in [4.69, 9.17) is 30.7 Å². The third-order valence-electron chi connectivity index (χ3n) is 7.93. The summed E-state index contributed by atoms with van der Waals surface area (Å²) in [7, 11) is -1.65. The van der Waals surface area contributed by atoms with Gasteiger partial charge in [-0.05, 0) is 57.5 Å². The molecule has 45 heavy (non-hydrogen) atoms. The van der Waals surface area contributed by atoms with Crippen LogP contribution in [0.4, 0.5) is 16.3 Å². The third kappa shape index (κ3) is 7.85. The van der Waals surface area contributed by atoms with E-state index in [0.717, 1.165) is 5.56 Å². The van der Waals surface area contributed by atoms with Crippen LogP contribution in [0.5, 0.6) is 0 Å². The number of anilines is 2. The highest BCUT2D eigenvalue weighted by Crippen LogP contribution is 2.53. The molecular formula is C30H38N6O8S. The topological polar surface area (TPSA) is 214 Å². The van der Waals surface area contributed by atoms with Crippen LogP contribution in [0.2, 0.25) is 0 Å². The molecule has 2 aromatic rings. The van der Waals surface area contributed by atoms with Gasteiger partial charge in [0.2, 0.25) is 0 Å². The molecule has 15 heteroatoms. The maximum absolute atomic E-state index is 13.2. The summed E-state index contributed by atoms with van der Waals surface area (Å²) in [6.45, 7) is 4.43. The molecule has 1 atom stereocenters. The minimum Gasteiger partial charge on any atom is -0.481 e. The van der Waals surface area contributed by atoms with Crippen LogP contribution in [-0.2, 0) is 28.9 Å². The number of benzene rings is 1. The summed E-state index contributed by atoms with van der Waals surface area (Å²) in [5.41, 5.74) is 6.04. The highest BCUT2D eigenvalue weighted by molar-refractivity contribution is 7.92. The molecule has 1 unspecified atom stereocenters. The predicted octanol–water partition coefficient (Wildman–Crippen LogP) is 2.14. The van der Waals surface area contributed by atoms with Crippen molar-refractivity contribution in [1.82, 2.24) is 15.3 Å². The van der Waals surface area contributed by atoms with Gasteiger partial charge in [0.05, 0.1) is 30.1 Å². The summed E-state index contributed by atoms with van der Waals surface area (Å²) < 4.78 is 30.8. The molecule has 242 valence electrons. The maximum Gasteiger partial charge on any atom is 0.331 e. The number of amides is 2. The molecule has 0 bridgehead atoms. The van der Waals surface area contributed by atoms with Crippen molar-refractivity contribution < 1.29 is 37.8 Å². The van der Waals surface area contributed by atoms with E-state index in [1.165, 1.54) is 25.2 Å². The molecule has 1 aromatic carbocycles. The number of ether oxygens (including phenoxy) is 1. The largest absolute Gasteiger partial charge is 0.481 e. The predicted molar refractivity (Wildman–Crippen MR) is 168 cm³/mol. The van der Waals surface area contributed by atoms with Gasteiger partial charge in [0.15, 0.2) is 15.7 Å². The fraction of sp³-hybridized carbons (Fsp3) is 0.433. The molecule has 2 amide bonds. The molecule has 1 saturated heterocycles. The van der Waals surface area contributed by atoms with E-state index in [9.17, 15) is 22.8 Å². The number of carbonyl (C=O) groups is 3. The normalized spacial score (nSPS) is 20.3. The van der Waals surface area contributed by atoms with Crippen molar-refractivity contribution in [3.05, 3.63) is 59.8 Å². The van der Waals surface area contributed by atoms with Gasteiger partial charge < -0.3 is 36.2 Å². The van der Waals surface area contributed by atoms with E-state index in [-0.39, 0.29) is 17.7 Å². The summed E-state index contributed by atoms with van der Waals surface area (Å²) in [5.74, 6) is -0.858. The van der Waals surface area contributed by atoms with Crippen molar-refractivity contribution in [3.63, 3.8) is 0 Å². The number of aliphatic carboxylic acids is 2. The van der Waals surface area contributed by atoms with Crippen molar-refractivity contribution in [2.24, 2.45) is 11.1 Å². The summed E-state index contributed by atoms with van der Waals surface area (Å²) >= 11 is 0. The highest BCUT2D eigenvalue weighted by Gasteiger charge is 2.56. The number of allylic oxidation sites excluding steroid dienone is 2. The van der Waals surface area contributed by atoms with Gasteiger partial charge in [-0.2, -0.15) is 0 Å². The molecule has 0 radical (unpaired) electrons. The number of morpholine rings is 1. The first-order valence-electron chi connectivity index (χ1n) is 14.4. The molecule has 5 rings (SSSR count). The van der Waals surface area contributed by atoms with Crippen LogP contribution in [0, 0.1) is 5.41 Å². The van der Waals surface area contributed by atoms with Crippen LogP contribution in [-0.4, -0.2) is 92.2 Å². The first-order chi connectivity index (χ1) is 21.3. The monoisotopic (exact) mass is 642 g/mol. The number of nitrogens with two attached hydrogens (primary N) is 1. The summed E-state index contributed by atoms with van der Waals surface area (Å²) in [5, 5.41) is 22.9. The Kier molecular flexibility index (Phi) is 10.3. The van der Waals surface area contributed by atoms with Crippen molar-refractivity contribution >= 4 is 39.3 Å². The van der Waals surface area contributed by atoms with E-state index in [2.05, 4.69) is 15.5 Å². The highest BCUT2D eigenvalue weighted by atomic mass is 32.2. The van der Waals surface area contributed by atoms with E-state index in [0.29, 0.717) is 68.7 Å². The number of nitrogens with one attached hydrogen (secondary N) is 2. The Balaban J connectivity index is 0.000000297. The standard InChI is InChI=1S/C21H28N6O4S.C9H10O4/c1-23-8-13-32(29,30)21(6-7-21)17-14-18(27-9-11-31-12-10-27)26-19(25-17)15-2-4-16(5-3-15)24-20(22)28;1-9(8(12)13)4-2-3-6(5-9)7(10)11/h2-5,14,23H,6-13H2,1H3,(H3,22,24,28);2-4H,5H2,1H3,(H,10,11)(H,12,13). The molecule has 1 aromatic heterocycles. The average Bonchev–Trinajstić information content (AvgIpc) is 3.84. The van der Waals surface area contributed by atoms with Crippen LogP contribution in [0.3, 0.4) is 0 Å². The minimum atomic E-state index is -3.39. The van der Waals surface area contributed by atoms with Gasteiger partial charge in [0, 0.05) is 42.5 Å². The third-order valence-corrected chi connectivity index (χ3v) is 10.5. The SMILES string of the molecule is CC1(C(=O)O)C=CC=C(C(=O)O)C1.CNCCS(=O)(=O)C1(c2cc(N3CCOCC3)nc(-c3ccc(NC(N)=O)cc3)n2)CC1. The quantitative estimate of drug-likeness (QED) is 0.252. The molecule has 1 saturated carbocycles. The molecule has 1 aliphatic heterocycles. The number of primary amides is 1. The Morgan fingerprint density at radius 3 is 2.31 bits per heavy atom. The van der Waals surface area contributed by atoms with Gasteiger partial charge in [0.1, 0.15) is 10.6 Å². The molecule has 14 nitrogen and oxygen atoms in total. The van der Waals surface area contributed by atoms with Gasteiger partial charge >= 0.3 is 18.0 Å². The van der Waals surface area contributed by atoms with E-state index < -0.39 is 38.0 Å². The molecule has 3 aliphatic rings. The molecule has 2 aliphatic carbocycles. The second-order valence-electron chi connectivity index (χ2n) is 11.3. The Bertz CT molecular complexity index is 1600. The number of rotatable bonds is 10. The van der Waals surface area contributed by atoms with Gasteiger partial charge in [-0.1, -0.05) is 18.2 Å². The first kappa shape index (κ1) is 33.6. The zero-order valence-corrected chi connectivity index (χ0v) is 26.0. The Morgan fingerprint density at radius 1 is 1.09 bits per heavy atom. The van der Waals surface area contributed by atoms with Gasteiger partial charge in [0.25, 0.3) is 0 Å². The van der Waals surface area contributed by atoms with E-state index in [1.54, 1.807) is 31.3 Å². The molecule has 2 heterocycles. The van der Waals surface area contributed by atoms with Crippen LogP contribution in [0.1, 0.15) is 31.9 Å². The van der Waals surface area contributed by atoms with Crippen LogP contribution >= 0.6 is 0 Å². The Morgan fingerprint density at radius 2 is 1.76 bits per heavy atom.